The average Bonchev–Trinajstić information content (AvgIpc) is 2.53. The summed E-state index contributed by atoms with van der Waals surface area (Å²) in [7, 11) is 0. The minimum atomic E-state index is -0.783. The van der Waals surface area contributed by atoms with Gasteiger partial charge in [-0.15, -0.1) is 0 Å². The fourth-order valence-corrected chi connectivity index (χ4v) is 2.24. The summed E-state index contributed by atoms with van der Waals surface area (Å²) in [5, 5.41) is 8.86. The van der Waals surface area contributed by atoms with E-state index in [1.165, 1.54) is 0 Å². The van der Waals surface area contributed by atoms with Gasteiger partial charge in [0.05, 0.1) is 5.60 Å². The molecule has 0 radical (unpaired) electrons. The minimum Gasteiger partial charge on any atom is -0.478 e. The first kappa shape index (κ1) is 8.75. The van der Waals surface area contributed by atoms with Gasteiger partial charge in [0, 0.05) is 12.2 Å². The monoisotopic (exact) mass is 182 g/mol. The highest BCUT2D eigenvalue weighted by molar-refractivity contribution is 5.87. The van der Waals surface area contributed by atoms with Crippen LogP contribution in [0.25, 0.3) is 0 Å². The molecule has 3 heteroatoms. The Bertz CT molecular complexity index is 249. The third kappa shape index (κ3) is 1.61. The van der Waals surface area contributed by atoms with Crippen molar-refractivity contribution in [3.63, 3.8) is 0 Å². The van der Waals surface area contributed by atoms with Gasteiger partial charge in [0.1, 0.15) is 0 Å². The number of carboxylic acid groups (broad SMARTS) is 1. The second-order valence-electron chi connectivity index (χ2n) is 3.85. The molecule has 13 heavy (non-hydrogen) atoms. The zero-order valence-corrected chi connectivity index (χ0v) is 7.58. The first-order chi connectivity index (χ1) is 6.22. The molecule has 1 unspecified atom stereocenters. The summed E-state index contributed by atoms with van der Waals surface area (Å²) in [6.07, 6.45) is 6.52. The van der Waals surface area contributed by atoms with Gasteiger partial charge in [-0.05, 0) is 38.2 Å². The second kappa shape index (κ2) is 3.14. The molecular weight excluding hydrogens is 168 g/mol. The normalized spacial score (nSPS) is 33.4. The molecule has 0 aromatic heterocycles. The van der Waals surface area contributed by atoms with Gasteiger partial charge >= 0.3 is 5.97 Å². The van der Waals surface area contributed by atoms with Gasteiger partial charge in [0.25, 0.3) is 0 Å². The third-order valence-corrected chi connectivity index (χ3v) is 2.89. The van der Waals surface area contributed by atoms with E-state index in [9.17, 15) is 4.79 Å². The number of carboxylic acids is 1. The topological polar surface area (TPSA) is 46.5 Å². The van der Waals surface area contributed by atoms with Crippen LogP contribution >= 0.6 is 0 Å². The van der Waals surface area contributed by atoms with E-state index in [1.54, 1.807) is 0 Å². The molecule has 1 atom stereocenters. The quantitative estimate of drug-likeness (QED) is 0.671. The summed E-state index contributed by atoms with van der Waals surface area (Å²) in [4.78, 5) is 10.8. The lowest BCUT2D eigenvalue weighted by Crippen LogP contribution is -2.29. The molecule has 0 saturated carbocycles. The van der Waals surface area contributed by atoms with E-state index in [2.05, 4.69) is 0 Å². The lowest BCUT2D eigenvalue weighted by molar-refractivity contribution is -0.133. The van der Waals surface area contributed by atoms with Crippen LogP contribution in [0.15, 0.2) is 11.6 Å². The molecule has 0 aromatic carbocycles. The first-order valence-electron chi connectivity index (χ1n) is 4.81. The van der Waals surface area contributed by atoms with Crippen molar-refractivity contribution in [3.8, 4) is 0 Å². The van der Waals surface area contributed by atoms with Crippen LogP contribution in [0.2, 0.25) is 0 Å². The smallest absolute Gasteiger partial charge is 0.331 e. The molecular formula is C10H14O3. The Balaban J connectivity index is 2.21. The summed E-state index contributed by atoms with van der Waals surface area (Å²) in [6.45, 7) is 0.781. The van der Waals surface area contributed by atoms with E-state index in [4.69, 9.17) is 9.84 Å². The van der Waals surface area contributed by atoms with Crippen LogP contribution in [0.5, 0.6) is 0 Å². The summed E-state index contributed by atoms with van der Waals surface area (Å²) in [5.41, 5.74) is 0.319. The zero-order chi connectivity index (χ0) is 9.31. The highest BCUT2D eigenvalue weighted by atomic mass is 16.5. The van der Waals surface area contributed by atoms with Crippen LogP contribution in [0, 0.1) is 0 Å². The van der Waals surface area contributed by atoms with Crippen LogP contribution in [0.3, 0.4) is 0 Å². The molecule has 1 fully saturated rings. The average molecular weight is 182 g/mol. The molecule has 1 aliphatic heterocycles. The number of hydrogen-bond acceptors (Lipinski definition) is 2. The summed E-state index contributed by atoms with van der Waals surface area (Å²) in [5.74, 6) is -0.783. The van der Waals surface area contributed by atoms with E-state index < -0.39 is 5.97 Å². The summed E-state index contributed by atoms with van der Waals surface area (Å²) in [6, 6.07) is 0. The molecule has 1 spiro atoms. The summed E-state index contributed by atoms with van der Waals surface area (Å²) < 4.78 is 5.62. The van der Waals surface area contributed by atoms with E-state index in [1.807, 2.05) is 6.08 Å². The van der Waals surface area contributed by atoms with Crippen LogP contribution in [-0.4, -0.2) is 23.3 Å². The van der Waals surface area contributed by atoms with Crippen molar-refractivity contribution < 1.29 is 14.6 Å². The Labute approximate surface area is 77.4 Å². The van der Waals surface area contributed by atoms with E-state index in [0.717, 1.165) is 32.3 Å². The maximum Gasteiger partial charge on any atom is 0.331 e. The lowest BCUT2D eigenvalue weighted by Gasteiger charge is -2.29. The van der Waals surface area contributed by atoms with Crippen LogP contribution in [-0.2, 0) is 9.53 Å². The second-order valence-corrected chi connectivity index (χ2v) is 3.85. The minimum absolute atomic E-state index is 0.216. The standard InChI is InChI=1S/C10H14O3/c11-9(12)8-3-1-4-10(7-8)5-2-6-13-10/h7H,1-6H2,(H,11,12). The number of hydrogen-bond donors (Lipinski definition) is 1. The van der Waals surface area contributed by atoms with Crippen LogP contribution in [0.4, 0.5) is 0 Å². The Hall–Kier alpha value is -0.830. The predicted octanol–water partition coefficient (Wildman–Crippen LogP) is 1.73. The molecule has 0 bridgehead atoms. The van der Waals surface area contributed by atoms with Gasteiger partial charge in [-0.3, -0.25) is 0 Å². The van der Waals surface area contributed by atoms with Gasteiger partial charge in [-0.2, -0.15) is 0 Å². The van der Waals surface area contributed by atoms with Crippen LogP contribution < -0.4 is 0 Å². The molecule has 1 N–H and O–H groups in total. The molecule has 72 valence electrons. The molecule has 0 aromatic rings. The van der Waals surface area contributed by atoms with Crippen molar-refractivity contribution in [1.82, 2.24) is 0 Å². The fraction of sp³-hybridized carbons (Fsp3) is 0.700. The maximum absolute atomic E-state index is 10.8. The largest absolute Gasteiger partial charge is 0.478 e. The molecule has 1 saturated heterocycles. The first-order valence-corrected chi connectivity index (χ1v) is 4.81. The van der Waals surface area contributed by atoms with Gasteiger partial charge in [-0.25, -0.2) is 4.79 Å². The molecule has 2 rings (SSSR count). The van der Waals surface area contributed by atoms with Gasteiger partial charge < -0.3 is 9.84 Å². The van der Waals surface area contributed by atoms with E-state index >= 15 is 0 Å². The Morgan fingerprint density at radius 3 is 2.85 bits per heavy atom. The number of rotatable bonds is 1. The number of aliphatic carboxylic acids is 1. The predicted molar refractivity (Wildman–Crippen MR) is 47.5 cm³/mol. The highest BCUT2D eigenvalue weighted by Gasteiger charge is 2.36. The summed E-state index contributed by atoms with van der Waals surface area (Å²) >= 11 is 0. The van der Waals surface area contributed by atoms with Gasteiger partial charge in [0.2, 0.25) is 0 Å². The molecule has 1 aliphatic carbocycles. The Kier molecular flexibility index (Phi) is 2.12. The van der Waals surface area contributed by atoms with E-state index in [0.29, 0.717) is 12.0 Å². The molecule has 3 nitrogen and oxygen atoms in total. The van der Waals surface area contributed by atoms with Gasteiger partial charge in [-0.1, -0.05) is 0 Å². The Morgan fingerprint density at radius 2 is 2.23 bits per heavy atom. The van der Waals surface area contributed by atoms with Crippen molar-refractivity contribution in [2.24, 2.45) is 0 Å². The van der Waals surface area contributed by atoms with Crippen molar-refractivity contribution >= 4 is 5.97 Å². The number of carbonyl (C=O) groups is 1. The fourth-order valence-electron chi connectivity index (χ4n) is 2.24. The molecule has 2 aliphatic rings. The number of ether oxygens (including phenoxy) is 1. The lowest BCUT2D eigenvalue weighted by atomic mass is 9.85. The van der Waals surface area contributed by atoms with Crippen molar-refractivity contribution in [1.29, 1.82) is 0 Å². The van der Waals surface area contributed by atoms with Gasteiger partial charge in [0.15, 0.2) is 0 Å². The van der Waals surface area contributed by atoms with Crippen LogP contribution in [0.1, 0.15) is 32.1 Å². The van der Waals surface area contributed by atoms with Crippen molar-refractivity contribution in [2.45, 2.75) is 37.7 Å². The molecule has 1 heterocycles. The zero-order valence-electron chi connectivity index (χ0n) is 7.58. The maximum atomic E-state index is 10.8. The Morgan fingerprint density at radius 1 is 1.46 bits per heavy atom. The van der Waals surface area contributed by atoms with E-state index in [-0.39, 0.29) is 5.60 Å². The van der Waals surface area contributed by atoms with Crippen molar-refractivity contribution in [2.75, 3.05) is 6.61 Å². The highest BCUT2D eigenvalue weighted by Crippen LogP contribution is 2.37. The van der Waals surface area contributed by atoms with Crippen molar-refractivity contribution in [3.05, 3.63) is 11.6 Å². The SMILES string of the molecule is O=C(O)C1=CC2(CCCO2)CCC1. The molecule has 0 amide bonds. The third-order valence-electron chi connectivity index (χ3n) is 2.89.